The van der Waals surface area contributed by atoms with E-state index >= 15 is 0 Å². The Balaban J connectivity index is 1.54. The number of halogens is 3. The first kappa shape index (κ1) is 28.7. The van der Waals surface area contributed by atoms with Crippen molar-refractivity contribution in [3.05, 3.63) is 101 Å². The molecular weight excluding hydrogens is 519 g/mol. The van der Waals surface area contributed by atoms with Crippen LogP contribution < -0.4 is 4.74 Å². The van der Waals surface area contributed by atoms with Gasteiger partial charge in [0.2, 0.25) is 5.91 Å². The van der Waals surface area contributed by atoms with Gasteiger partial charge in [-0.05, 0) is 66.4 Å². The van der Waals surface area contributed by atoms with Crippen LogP contribution in [0.15, 0.2) is 79.0 Å². The molecule has 0 unspecified atom stereocenters. The summed E-state index contributed by atoms with van der Waals surface area (Å²) in [4.78, 5) is 33.3. The lowest BCUT2D eigenvalue weighted by Crippen LogP contribution is -2.43. The summed E-state index contributed by atoms with van der Waals surface area (Å²) >= 11 is 0. The number of hydrogen-bond acceptors (Lipinski definition) is 3. The number of carbonyl (C=O) groups excluding carboxylic acids is 2. The van der Waals surface area contributed by atoms with E-state index < -0.39 is 11.7 Å². The van der Waals surface area contributed by atoms with Crippen LogP contribution in [0.25, 0.3) is 10.9 Å². The Labute approximate surface area is 231 Å². The van der Waals surface area contributed by atoms with Crippen LogP contribution >= 0.6 is 0 Å². The number of para-hydroxylation sites is 1. The van der Waals surface area contributed by atoms with Crippen molar-refractivity contribution >= 4 is 22.7 Å². The SMILES string of the molecule is CCCN(CC(=O)N(CCc1c[nH]c2ccccc12)Cc1ccc(C(F)(F)F)cc1)C(=O)c1ccc(OC)cc1. The predicted octanol–water partition coefficient (Wildman–Crippen LogP) is 6.32. The van der Waals surface area contributed by atoms with Gasteiger partial charge in [-0.15, -0.1) is 0 Å². The number of benzene rings is 3. The second-order valence-corrected chi connectivity index (χ2v) is 9.57. The molecule has 1 N–H and O–H groups in total. The molecule has 2 amide bonds. The first-order valence-corrected chi connectivity index (χ1v) is 13.1. The summed E-state index contributed by atoms with van der Waals surface area (Å²) in [5, 5.41) is 1.05. The van der Waals surface area contributed by atoms with Crippen molar-refractivity contribution in [2.75, 3.05) is 26.7 Å². The molecule has 4 rings (SSSR count). The molecule has 0 aliphatic rings. The maximum absolute atomic E-state index is 13.6. The molecule has 1 aromatic heterocycles. The highest BCUT2D eigenvalue weighted by Gasteiger charge is 2.30. The molecule has 0 bridgehead atoms. The van der Waals surface area contributed by atoms with Crippen LogP contribution in [0.4, 0.5) is 13.2 Å². The van der Waals surface area contributed by atoms with Gasteiger partial charge in [0, 0.05) is 42.3 Å². The second kappa shape index (κ2) is 12.7. The van der Waals surface area contributed by atoms with Gasteiger partial charge < -0.3 is 19.5 Å². The molecule has 0 atom stereocenters. The van der Waals surface area contributed by atoms with Gasteiger partial charge >= 0.3 is 6.18 Å². The Hall–Kier alpha value is -4.27. The second-order valence-electron chi connectivity index (χ2n) is 9.57. The number of nitrogens with one attached hydrogen (secondary N) is 1. The zero-order valence-corrected chi connectivity index (χ0v) is 22.5. The lowest BCUT2D eigenvalue weighted by atomic mass is 10.1. The molecule has 3 aromatic carbocycles. The van der Waals surface area contributed by atoms with E-state index in [1.165, 1.54) is 17.0 Å². The Morgan fingerprint density at radius 1 is 0.900 bits per heavy atom. The molecular formula is C31H32F3N3O3. The van der Waals surface area contributed by atoms with Crippen molar-refractivity contribution in [2.24, 2.45) is 0 Å². The van der Waals surface area contributed by atoms with Gasteiger partial charge in [-0.25, -0.2) is 0 Å². The number of alkyl halides is 3. The Morgan fingerprint density at radius 2 is 1.60 bits per heavy atom. The Kier molecular flexibility index (Phi) is 9.14. The zero-order chi connectivity index (χ0) is 28.7. The van der Waals surface area contributed by atoms with E-state index in [9.17, 15) is 22.8 Å². The lowest BCUT2D eigenvalue weighted by molar-refractivity contribution is -0.137. The number of ether oxygens (including phenoxy) is 1. The van der Waals surface area contributed by atoms with Crippen LogP contribution in [0, 0.1) is 0 Å². The highest BCUT2D eigenvalue weighted by atomic mass is 19.4. The summed E-state index contributed by atoms with van der Waals surface area (Å²) in [6, 6.07) is 19.4. The summed E-state index contributed by atoms with van der Waals surface area (Å²) < 4.78 is 44.4. The van der Waals surface area contributed by atoms with Gasteiger partial charge in [-0.2, -0.15) is 13.2 Å². The molecule has 210 valence electrons. The van der Waals surface area contributed by atoms with Crippen molar-refractivity contribution in [1.29, 1.82) is 0 Å². The number of rotatable bonds is 11. The van der Waals surface area contributed by atoms with Crippen molar-refractivity contribution in [3.8, 4) is 5.75 Å². The van der Waals surface area contributed by atoms with Crippen LogP contribution in [-0.4, -0.2) is 53.3 Å². The van der Waals surface area contributed by atoms with E-state index in [1.54, 1.807) is 36.3 Å². The molecule has 0 spiro atoms. The molecule has 0 saturated carbocycles. The number of carbonyl (C=O) groups is 2. The highest BCUT2D eigenvalue weighted by molar-refractivity contribution is 5.96. The largest absolute Gasteiger partial charge is 0.497 e. The van der Waals surface area contributed by atoms with Crippen molar-refractivity contribution in [1.82, 2.24) is 14.8 Å². The number of aromatic nitrogens is 1. The minimum atomic E-state index is -4.44. The van der Waals surface area contributed by atoms with Crippen LogP contribution in [-0.2, 0) is 23.9 Å². The number of hydrogen-bond donors (Lipinski definition) is 1. The molecule has 0 fully saturated rings. The summed E-state index contributed by atoms with van der Waals surface area (Å²) in [6.45, 7) is 2.62. The average Bonchev–Trinajstić information content (AvgIpc) is 3.37. The minimum absolute atomic E-state index is 0.121. The van der Waals surface area contributed by atoms with Crippen LogP contribution in [0.5, 0.6) is 5.75 Å². The lowest BCUT2D eigenvalue weighted by Gasteiger charge is -2.28. The van der Waals surface area contributed by atoms with Crippen molar-refractivity contribution < 1.29 is 27.5 Å². The first-order valence-electron chi connectivity index (χ1n) is 13.1. The summed E-state index contributed by atoms with van der Waals surface area (Å²) in [5.74, 6) is 0.0636. The summed E-state index contributed by atoms with van der Waals surface area (Å²) in [5.41, 5.74) is 2.28. The van der Waals surface area contributed by atoms with E-state index in [0.717, 1.165) is 28.6 Å². The summed E-state index contributed by atoms with van der Waals surface area (Å²) in [7, 11) is 1.54. The molecule has 6 nitrogen and oxygen atoms in total. The van der Waals surface area contributed by atoms with Gasteiger partial charge in [0.25, 0.3) is 5.91 Å². The first-order chi connectivity index (χ1) is 19.2. The van der Waals surface area contributed by atoms with Gasteiger partial charge in [-0.1, -0.05) is 37.3 Å². The molecule has 0 aliphatic heterocycles. The van der Waals surface area contributed by atoms with E-state index in [-0.39, 0.29) is 24.9 Å². The molecule has 40 heavy (non-hydrogen) atoms. The predicted molar refractivity (Wildman–Crippen MR) is 148 cm³/mol. The number of methoxy groups -OCH3 is 1. The fraction of sp³-hybridized carbons (Fsp3) is 0.290. The molecule has 9 heteroatoms. The van der Waals surface area contributed by atoms with Crippen LogP contribution in [0.2, 0.25) is 0 Å². The van der Waals surface area contributed by atoms with Gasteiger partial charge in [0.05, 0.1) is 12.7 Å². The van der Waals surface area contributed by atoms with Crippen molar-refractivity contribution in [3.63, 3.8) is 0 Å². The van der Waals surface area contributed by atoms with Gasteiger partial charge in [-0.3, -0.25) is 9.59 Å². The molecule has 0 saturated heterocycles. The normalized spacial score (nSPS) is 11.4. The number of aromatic amines is 1. The maximum Gasteiger partial charge on any atom is 0.416 e. The standard InChI is InChI=1S/C31H32F3N3O3/c1-3-17-37(30(39)23-10-14-26(40-2)15-11-23)21-29(38)36(20-22-8-12-25(13-9-22)31(32,33)34)18-16-24-19-35-28-7-5-4-6-27(24)28/h4-15,19,35H,3,16-18,20-21H2,1-2H3. The fourth-order valence-corrected chi connectivity index (χ4v) is 4.61. The third kappa shape index (κ3) is 7.02. The topological polar surface area (TPSA) is 65.6 Å². The average molecular weight is 552 g/mol. The maximum atomic E-state index is 13.6. The van der Waals surface area contributed by atoms with Crippen LogP contribution in [0.3, 0.4) is 0 Å². The van der Waals surface area contributed by atoms with E-state index in [0.29, 0.717) is 42.8 Å². The summed E-state index contributed by atoms with van der Waals surface area (Å²) in [6.07, 6.45) is -1.34. The number of amides is 2. The van der Waals surface area contributed by atoms with E-state index in [4.69, 9.17) is 4.74 Å². The third-order valence-corrected chi connectivity index (χ3v) is 6.78. The van der Waals surface area contributed by atoms with Gasteiger partial charge in [0.1, 0.15) is 12.3 Å². The third-order valence-electron chi connectivity index (χ3n) is 6.78. The molecule has 1 heterocycles. The quantitative estimate of drug-likeness (QED) is 0.237. The molecule has 0 radical (unpaired) electrons. The molecule has 0 aliphatic carbocycles. The number of nitrogens with zero attached hydrogens (tertiary/aromatic N) is 2. The van der Waals surface area contributed by atoms with Gasteiger partial charge in [0.15, 0.2) is 0 Å². The smallest absolute Gasteiger partial charge is 0.416 e. The highest BCUT2D eigenvalue weighted by Crippen LogP contribution is 2.29. The fourth-order valence-electron chi connectivity index (χ4n) is 4.61. The monoisotopic (exact) mass is 551 g/mol. The van der Waals surface area contributed by atoms with Crippen LogP contribution in [0.1, 0.15) is 40.4 Å². The number of fused-ring (bicyclic) bond motifs is 1. The molecule has 4 aromatic rings. The van der Waals surface area contributed by atoms with Crippen molar-refractivity contribution in [2.45, 2.75) is 32.5 Å². The van der Waals surface area contributed by atoms with E-state index in [2.05, 4.69) is 4.98 Å². The zero-order valence-electron chi connectivity index (χ0n) is 22.5. The Morgan fingerprint density at radius 3 is 2.25 bits per heavy atom. The van der Waals surface area contributed by atoms with E-state index in [1.807, 2.05) is 37.4 Å². The Bertz CT molecular complexity index is 1430. The number of H-pyrrole nitrogens is 1. The minimum Gasteiger partial charge on any atom is -0.497 e.